The van der Waals surface area contributed by atoms with E-state index in [-0.39, 0.29) is 5.91 Å². The molecular weight excluding hydrogens is 244 g/mol. The molecule has 1 N–H and O–H groups in total. The number of nitrogens with one attached hydrogen (secondary N) is 1. The van der Waals surface area contributed by atoms with Crippen molar-refractivity contribution in [3.05, 3.63) is 28.5 Å². The van der Waals surface area contributed by atoms with Crippen molar-refractivity contribution in [3.63, 3.8) is 0 Å². The SMILES string of the molecule is O=C(NC1CCC1)c1cncc(Br)c1. The summed E-state index contributed by atoms with van der Waals surface area (Å²) >= 11 is 3.29. The highest BCUT2D eigenvalue weighted by molar-refractivity contribution is 9.10. The summed E-state index contributed by atoms with van der Waals surface area (Å²) in [5.41, 5.74) is 0.617. The quantitative estimate of drug-likeness (QED) is 0.879. The van der Waals surface area contributed by atoms with Gasteiger partial charge in [0, 0.05) is 22.9 Å². The Labute approximate surface area is 91.0 Å². The zero-order valence-corrected chi connectivity index (χ0v) is 9.25. The number of aromatic nitrogens is 1. The van der Waals surface area contributed by atoms with Crippen LogP contribution in [0.4, 0.5) is 0 Å². The van der Waals surface area contributed by atoms with Gasteiger partial charge in [0.05, 0.1) is 5.56 Å². The van der Waals surface area contributed by atoms with Gasteiger partial charge < -0.3 is 5.32 Å². The molecule has 1 aliphatic rings. The summed E-state index contributed by atoms with van der Waals surface area (Å²) in [6.07, 6.45) is 6.68. The molecule has 14 heavy (non-hydrogen) atoms. The largest absolute Gasteiger partial charge is 0.349 e. The minimum Gasteiger partial charge on any atom is -0.349 e. The van der Waals surface area contributed by atoms with Crippen LogP contribution in [0.5, 0.6) is 0 Å². The van der Waals surface area contributed by atoms with Gasteiger partial charge in [-0.1, -0.05) is 0 Å². The lowest BCUT2D eigenvalue weighted by Crippen LogP contribution is -2.39. The number of pyridine rings is 1. The number of nitrogens with zero attached hydrogens (tertiary/aromatic N) is 1. The van der Waals surface area contributed by atoms with Crippen LogP contribution in [0.25, 0.3) is 0 Å². The molecule has 1 amide bonds. The molecule has 2 rings (SSSR count). The fourth-order valence-electron chi connectivity index (χ4n) is 1.36. The standard InChI is InChI=1S/C10H11BrN2O/c11-8-4-7(5-12-6-8)10(14)13-9-2-1-3-9/h4-6,9H,1-3H2,(H,13,14). The maximum Gasteiger partial charge on any atom is 0.253 e. The highest BCUT2D eigenvalue weighted by Crippen LogP contribution is 2.18. The number of amides is 1. The number of halogens is 1. The molecular formula is C10H11BrN2O. The van der Waals surface area contributed by atoms with E-state index in [1.165, 1.54) is 6.42 Å². The molecule has 3 nitrogen and oxygen atoms in total. The molecule has 0 atom stereocenters. The van der Waals surface area contributed by atoms with E-state index in [0.717, 1.165) is 17.3 Å². The zero-order valence-electron chi connectivity index (χ0n) is 7.66. The Hall–Kier alpha value is -0.900. The molecule has 0 radical (unpaired) electrons. The number of carbonyl (C=O) groups excluding carboxylic acids is 1. The fraction of sp³-hybridized carbons (Fsp3) is 0.400. The molecule has 0 aliphatic heterocycles. The molecule has 1 aliphatic carbocycles. The second-order valence-corrected chi connectivity index (χ2v) is 4.41. The van der Waals surface area contributed by atoms with Crippen LogP contribution in [0.15, 0.2) is 22.9 Å². The van der Waals surface area contributed by atoms with Gasteiger partial charge in [-0.2, -0.15) is 0 Å². The first-order valence-corrected chi connectivity index (χ1v) is 5.46. The maximum absolute atomic E-state index is 11.6. The van der Waals surface area contributed by atoms with Crippen LogP contribution in [0.1, 0.15) is 29.6 Å². The van der Waals surface area contributed by atoms with Gasteiger partial charge in [-0.3, -0.25) is 9.78 Å². The average molecular weight is 255 g/mol. The molecule has 0 unspecified atom stereocenters. The van der Waals surface area contributed by atoms with Crippen molar-refractivity contribution in [2.75, 3.05) is 0 Å². The summed E-state index contributed by atoms with van der Waals surface area (Å²) in [5.74, 6) is -0.0245. The van der Waals surface area contributed by atoms with Crippen LogP contribution in [0.3, 0.4) is 0 Å². The Bertz CT molecular complexity index is 350. The first-order chi connectivity index (χ1) is 6.75. The van der Waals surface area contributed by atoms with Gasteiger partial charge in [0.2, 0.25) is 0 Å². The minimum atomic E-state index is -0.0245. The summed E-state index contributed by atoms with van der Waals surface area (Å²) in [7, 11) is 0. The number of hydrogen-bond donors (Lipinski definition) is 1. The lowest BCUT2D eigenvalue weighted by atomic mass is 9.93. The predicted octanol–water partition coefficient (Wildman–Crippen LogP) is 2.13. The Morgan fingerprint density at radius 2 is 2.29 bits per heavy atom. The molecule has 1 fully saturated rings. The van der Waals surface area contributed by atoms with E-state index < -0.39 is 0 Å². The van der Waals surface area contributed by atoms with Gasteiger partial charge >= 0.3 is 0 Å². The van der Waals surface area contributed by atoms with E-state index in [1.807, 2.05) is 0 Å². The number of hydrogen-bond acceptors (Lipinski definition) is 2. The first-order valence-electron chi connectivity index (χ1n) is 4.67. The fourth-order valence-corrected chi connectivity index (χ4v) is 1.72. The van der Waals surface area contributed by atoms with Crippen LogP contribution < -0.4 is 5.32 Å². The van der Waals surface area contributed by atoms with Gasteiger partial charge in [0.1, 0.15) is 0 Å². The number of rotatable bonds is 2. The van der Waals surface area contributed by atoms with E-state index in [4.69, 9.17) is 0 Å². The summed E-state index contributed by atoms with van der Waals surface area (Å²) in [5, 5.41) is 2.96. The Morgan fingerprint density at radius 3 is 2.86 bits per heavy atom. The Morgan fingerprint density at radius 1 is 1.50 bits per heavy atom. The number of carbonyl (C=O) groups is 1. The van der Waals surface area contributed by atoms with Crippen LogP contribution in [-0.2, 0) is 0 Å². The van der Waals surface area contributed by atoms with E-state index >= 15 is 0 Å². The molecule has 0 saturated heterocycles. The topological polar surface area (TPSA) is 42.0 Å². The molecule has 74 valence electrons. The smallest absolute Gasteiger partial charge is 0.253 e. The van der Waals surface area contributed by atoms with Gasteiger partial charge in [-0.25, -0.2) is 0 Å². The minimum absolute atomic E-state index is 0.0245. The van der Waals surface area contributed by atoms with Crippen molar-refractivity contribution < 1.29 is 4.79 Å². The monoisotopic (exact) mass is 254 g/mol. The summed E-state index contributed by atoms with van der Waals surface area (Å²) in [4.78, 5) is 15.6. The maximum atomic E-state index is 11.6. The van der Waals surface area contributed by atoms with Crippen molar-refractivity contribution in [2.24, 2.45) is 0 Å². The summed E-state index contributed by atoms with van der Waals surface area (Å²) in [6, 6.07) is 2.16. The van der Waals surface area contributed by atoms with Gasteiger partial charge in [-0.05, 0) is 41.3 Å². The lowest BCUT2D eigenvalue weighted by Gasteiger charge is -2.26. The molecule has 0 bridgehead atoms. The van der Waals surface area contributed by atoms with E-state index in [2.05, 4.69) is 26.2 Å². The van der Waals surface area contributed by atoms with Gasteiger partial charge in [0.15, 0.2) is 0 Å². The Balaban J connectivity index is 2.02. The molecule has 0 aromatic carbocycles. The predicted molar refractivity (Wildman–Crippen MR) is 57.0 cm³/mol. The normalized spacial score (nSPS) is 16.1. The molecule has 1 saturated carbocycles. The summed E-state index contributed by atoms with van der Waals surface area (Å²) < 4.78 is 0.832. The van der Waals surface area contributed by atoms with Crippen molar-refractivity contribution in [1.29, 1.82) is 0 Å². The molecule has 1 aromatic heterocycles. The lowest BCUT2D eigenvalue weighted by molar-refractivity contribution is 0.0916. The zero-order chi connectivity index (χ0) is 9.97. The van der Waals surface area contributed by atoms with Crippen LogP contribution in [0.2, 0.25) is 0 Å². The van der Waals surface area contributed by atoms with E-state index in [9.17, 15) is 4.79 Å². The van der Waals surface area contributed by atoms with E-state index in [1.54, 1.807) is 18.5 Å². The van der Waals surface area contributed by atoms with Crippen LogP contribution in [-0.4, -0.2) is 16.9 Å². The molecule has 0 spiro atoms. The first kappa shape index (κ1) is 9.65. The molecule has 1 aromatic rings. The third-order valence-corrected chi connectivity index (χ3v) is 2.84. The third-order valence-electron chi connectivity index (χ3n) is 2.41. The second kappa shape index (κ2) is 4.09. The van der Waals surface area contributed by atoms with Crippen molar-refractivity contribution in [3.8, 4) is 0 Å². The third kappa shape index (κ3) is 2.12. The van der Waals surface area contributed by atoms with Crippen molar-refractivity contribution >= 4 is 21.8 Å². The van der Waals surface area contributed by atoms with Gasteiger partial charge in [-0.15, -0.1) is 0 Å². The highest BCUT2D eigenvalue weighted by Gasteiger charge is 2.20. The molecule has 1 heterocycles. The van der Waals surface area contributed by atoms with Crippen molar-refractivity contribution in [1.82, 2.24) is 10.3 Å². The summed E-state index contributed by atoms with van der Waals surface area (Å²) in [6.45, 7) is 0. The van der Waals surface area contributed by atoms with Gasteiger partial charge in [0.25, 0.3) is 5.91 Å². The van der Waals surface area contributed by atoms with E-state index in [0.29, 0.717) is 11.6 Å². The van der Waals surface area contributed by atoms with Crippen LogP contribution >= 0.6 is 15.9 Å². The van der Waals surface area contributed by atoms with Crippen molar-refractivity contribution in [2.45, 2.75) is 25.3 Å². The Kier molecular flexibility index (Phi) is 2.82. The second-order valence-electron chi connectivity index (χ2n) is 3.49. The highest BCUT2D eigenvalue weighted by atomic mass is 79.9. The molecule has 4 heteroatoms. The van der Waals surface area contributed by atoms with Crippen LogP contribution in [0, 0.1) is 0 Å². The average Bonchev–Trinajstić information content (AvgIpc) is 2.11.